The zero-order valence-corrected chi connectivity index (χ0v) is 17.1. The molecule has 0 saturated heterocycles. The van der Waals surface area contributed by atoms with E-state index in [9.17, 15) is 9.59 Å². The Hall–Kier alpha value is -2.55. The molecule has 0 aromatic carbocycles. The molecule has 2 heterocycles. The van der Waals surface area contributed by atoms with Crippen LogP contribution in [-0.2, 0) is 14.9 Å². The molecular weight excluding hydrogens is 366 g/mol. The molecule has 2 rings (SSSR count). The van der Waals surface area contributed by atoms with Crippen LogP contribution in [0.25, 0.3) is 10.6 Å². The first-order valence-corrected chi connectivity index (χ1v) is 9.54. The van der Waals surface area contributed by atoms with Crippen LogP contribution in [0, 0.1) is 6.92 Å². The molecule has 0 aliphatic rings. The molecule has 0 spiro atoms. The lowest BCUT2D eigenvalue weighted by Gasteiger charge is -2.16. The van der Waals surface area contributed by atoms with E-state index in [0.717, 1.165) is 22.1 Å². The van der Waals surface area contributed by atoms with Crippen molar-refractivity contribution in [3.63, 3.8) is 0 Å². The Morgan fingerprint density at radius 2 is 2.00 bits per heavy atom. The number of amides is 2. The highest BCUT2D eigenvalue weighted by Crippen LogP contribution is 2.32. The summed E-state index contributed by atoms with van der Waals surface area (Å²) < 4.78 is 4.81. The van der Waals surface area contributed by atoms with Crippen molar-refractivity contribution in [3.05, 3.63) is 23.8 Å². The highest BCUT2D eigenvalue weighted by Gasteiger charge is 2.19. The van der Waals surface area contributed by atoms with Gasteiger partial charge in [0.15, 0.2) is 5.13 Å². The summed E-state index contributed by atoms with van der Waals surface area (Å²) >= 11 is 1.34. The minimum absolute atomic E-state index is 0.125. The van der Waals surface area contributed by atoms with Crippen molar-refractivity contribution in [2.75, 3.05) is 18.5 Å². The van der Waals surface area contributed by atoms with E-state index in [1.54, 1.807) is 13.1 Å². The van der Waals surface area contributed by atoms with Gasteiger partial charge in [0.05, 0.1) is 29.3 Å². The second kappa shape index (κ2) is 8.90. The van der Waals surface area contributed by atoms with Crippen molar-refractivity contribution in [3.8, 4) is 10.6 Å². The Labute approximate surface area is 162 Å². The number of aromatic nitrogens is 3. The number of nitrogens with zero attached hydrogens (tertiary/aromatic N) is 3. The lowest BCUT2D eigenvalue weighted by Crippen LogP contribution is -2.30. The minimum Gasteiger partial charge on any atom is -0.466 e. The van der Waals surface area contributed by atoms with Gasteiger partial charge in [0.2, 0.25) is 0 Å². The van der Waals surface area contributed by atoms with Crippen LogP contribution in [0.2, 0.25) is 0 Å². The van der Waals surface area contributed by atoms with Crippen LogP contribution >= 0.6 is 11.3 Å². The molecule has 146 valence electrons. The molecule has 0 atom stereocenters. The monoisotopic (exact) mass is 391 g/mol. The van der Waals surface area contributed by atoms with Crippen LogP contribution in [0.3, 0.4) is 0 Å². The fourth-order valence-corrected chi connectivity index (χ4v) is 3.12. The number of aryl methyl sites for hydroxylation is 1. The summed E-state index contributed by atoms with van der Waals surface area (Å²) in [6.45, 7) is 10.3. The number of carbonyl (C=O) groups excluding carboxylic acids is 2. The third-order valence-electron chi connectivity index (χ3n) is 3.50. The van der Waals surface area contributed by atoms with E-state index in [-0.39, 0.29) is 24.3 Å². The average Bonchev–Trinajstić information content (AvgIpc) is 2.94. The van der Waals surface area contributed by atoms with E-state index in [1.807, 2.05) is 13.0 Å². The van der Waals surface area contributed by atoms with Crippen molar-refractivity contribution in [1.82, 2.24) is 20.3 Å². The normalized spacial score (nSPS) is 11.1. The van der Waals surface area contributed by atoms with Crippen molar-refractivity contribution in [2.45, 2.75) is 46.5 Å². The van der Waals surface area contributed by atoms with Gasteiger partial charge in [0, 0.05) is 18.2 Å². The van der Waals surface area contributed by atoms with Crippen LogP contribution in [0.1, 0.15) is 45.6 Å². The van der Waals surface area contributed by atoms with Gasteiger partial charge in [-0.2, -0.15) is 0 Å². The number of anilines is 1. The van der Waals surface area contributed by atoms with E-state index >= 15 is 0 Å². The first-order valence-electron chi connectivity index (χ1n) is 8.72. The highest BCUT2D eigenvalue weighted by molar-refractivity contribution is 7.19. The van der Waals surface area contributed by atoms with Gasteiger partial charge in [-0.25, -0.2) is 19.7 Å². The van der Waals surface area contributed by atoms with E-state index in [2.05, 4.69) is 46.4 Å². The van der Waals surface area contributed by atoms with Gasteiger partial charge in [-0.1, -0.05) is 32.1 Å². The van der Waals surface area contributed by atoms with Gasteiger partial charge < -0.3 is 10.1 Å². The number of hydrogen-bond acceptors (Lipinski definition) is 7. The molecule has 0 aliphatic heterocycles. The number of esters is 1. The number of carbonyl (C=O) groups is 2. The third kappa shape index (κ3) is 5.99. The van der Waals surface area contributed by atoms with E-state index in [0.29, 0.717) is 11.7 Å². The number of ether oxygens (including phenoxy) is 1. The summed E-state index contributed by atoms with van der Waals surface area (Å²) in [5.74, 6) is 0.405. The predicted molar refractivity (Wildman–Crippen MR) is 105 cm³/mol. The van der Waals surface area contributed by atoms with E-state index in [1.165, 1.54) is 11.3 Å². The van der Waals surface area contributed by atoms with Crippen LogP contribution in [0.4, 0.5) is 9.93 Å². The number of rotatable bonds is 6. The number of thiazole rings is 1. The summed E-state index contributed by atoms with van der Waals surface area (Å²) in [4.78, 5) is 37.5. The summed E-state index contributed by atoms with van der Waals surface area (Å²) in [5.41, 5.74) is 1.40. The molecule has 0 saturated carbocycles. The van der Waals surface area contributed by atoms with Gasteiger partial charge in [0.25, 0.3) is 0 Å². The molecular formula is C18H25N5O3S. The molecule has 8 nitrogen and oxygen atoms in total. The maximum Gasteiger partial charge on any atom is 0.321 e. The predicted octanol–water partition coefficient (Wildman–Crippen LogP) is 3.28. The minimum atomic E-state index is -0.419. The lowest BCUT2D eigenvalue weighted by molar-refractivity contribution is -0.142. The molecule has 0 aliphatic carbocycles. The fraction of sp³-hybridized carbons (Fsp3) is 0.500. The fourth-order valence-electron chi connectivity index (χ4n) is 2.19. The summed E-state index contributed by atoms with van der Waals surface area (Å²) in [6.07, 6.45) is 1.86. The second-order valence-electron chi connectivity index (χ2n) is 6.88. The number of hydrogen-bond donors (Lipinski definition) is 2. The quantitative estimate of drug-likeness (QED) is 0.732. The summed E-state index contributed by atoms with van der Waals surface area (Å²) in [7, 11) is 0. The lowest BCUT2D eigenvalue weighted by atomic mass is 9.95. The first-order chi connectivity index (χ1) is 12.7. The van der Waals surface area contributed by atoms with E-state index < -0.39 is 6.03 Å². The van der Waals surface area contributed by atoms with Crippen LogP contribution in [0.15, 0.2) is 12.3 Å². The Kier molecular flexibility index (Phi) is 6.84. The third-order valence-corrected chi connectivity index (χ3v) is 4.59. The standard InChI is InChI=1S/C18H25N5O3S/c1-6-26-13(24)8-10-20-16(25)23-17-21-11(2)14(27-17)12-7-9-19-15(22-12)18(3,4)5/h7,9H,6,8,10H2,1-5H3,(H2,20,21,23,25). The molecule has 2 aromatic rings. The van der Waals surface area contributed by atoms with Crippen molar-refractivity contribution in [2.24, 2.45) is 0 Å². The SMILES string of the molecule is CCOC(=O)CCNC(=O)Nc1nc(C)c(-c2ccnc(C(C)(C)C)n2)s1. The van der Waals surface area contributed by atoms with Crippen molar-refractivity contribution < 1.29 is 14.3 Å². The van der Waals surface area contributed by atoms with Crippen molar-refractivity contribution >= 4 is 28.5 Å². The maximum atomic E-state index is 12.0. The first kappa shape index (κ1) is 20.8. The zero-order chi connectivity index (χ0) is 20.0. The molecule has 9 heteroatoms. The Balaban J connectivity index is 2.02. The highest BCUT2D eigenvalue weighted by atomic mass is 32.1. The smallest absolute Gasteiger partial charge is 0.321 e. The van der Waals surface area contributed by atoms with Crippen LogP contribution in [0.5, 0.6) is 0 Å². The number of urea groups is 1. The van der Waals surface area contributed by atoms with Gasteiger partial charge in [0.1, 0.15) is 5.82 Å². The Morgan fingerprint density at radius 3 is 2.67 bits per heavy atom. The molecule has 0 unspecified atom stereocenters. The van der Waals surface area contributed by atoms with Crippen molar-refractivity contribution in [1.29, 1.82) is 0 Å². The second-order valence-corrected chi connectivity index (χ2v) is 7.88. The van der Waals surface area contributed by atoms with Crippen LogP contribution in [-0.4, -0.2) is 40.1 Å². The molecule has 2 amide bonds. The number of nitrogens with one attached hydrogen (secondary N) is 2. The van der Waals surface area contributed by atoms with Gasteiger partial charge in [-0.05, 0) is 19.9 Å². The largest absolute Gasteiger partial charge is 0.466 e. The van der Waals surface area contributed by atoms with Gasteiger partial charge in [-0.3, -0.25) is 10.1 Å². The molecule has 2 N–H and O–H groups in total. The molecule has 0 radical (unpaired) electrons. The Morgan fingerprint density at radius 1 is 1.26 bits per heavy atom. The average molecular weight is 391 g/mol. The summed E-state index contributed by atoms with van der Waals surface area (Å²) in [5, 5.41) is 5.76. The molecule has 0 fully saturated rings. The zero-order valence-electron chi connectivity index (χ0n) is 16.3. The van der Waals surface area contributed by atoms with Gasteiger partial charge in [-0.15, -0.1) is 0 Å². The summed E-state index contributed by atoms with van der Waals surface area (Å²) in [6, 6.07) is 1.41. The molecule has 0 bridgehead atoms. The molecule has 27 heavy (non-hydrogen) atoms. The van der Waals surface area contributed by atoms with Crippen LogP contribution < -0.4 is 10.6 Å². The topological polar surface area (TPSA) is 106 Å². The maximum absolute atomic E-state index is 12.0. The molecule has 2 aromatic heterocycles. The Bertz CT molecular complexity index is 814. The van der Waals surface area contributed by atoms with Gasteiger partial charge >= 0.3 is 12.0 Å². The van der Waals surface area contributed by atoms with E-state index in [4.69, 9.17) is 4.74 Å².